The SMILES string of the molecule is NC(=O)CC1CCN(C(=O)c2c(F)ccc(N)c2F)CC1. The molecular formula is C14H17F2N3O2. The number of primary amides is 1. The molecular weight excluding hydrogens is 280 g/mol. The number of hydrogen-bond acceptors (Lipinski definition) is 3. The lowest BCUT2D eigenvalue weighted by Gasteiger charge is -2.31. The van der Waals surface area contributed by atoms with Crippen molar-refractivity contribution in [3.05, 3.63) is 29.3 Å². The molecule has 1 aromatic rings. The van der Waals surface area contributed by atoms with E-state index in [0.717, 1.165) is 12.1 Å². The van der Waals surface area contributed by atoms with Crippen molar-refractivity contribution < 1.29 is 18.4 Å². The Morgan fingerprint density at radius 3 is 2.43 bits per heavy atom. The number of anilines is 1. The van der Waals surface area contributed by atoms with Gasteiger partial charge in [-0.25, -0.2) is 8.78 Å². The van der Waals surface area contributed by atoms with E-state index in [-0.39, 0.29) is 23.9 Å². The van der Waals surface area contributed by atoms with E-state index in [1.165, 1.54) is 4.90 Å². The first-order valence-electron chi connectivity index (χ1n) is 6.71. The fourth-order valence-corrected chi connectivity index (χ4v) is 2.55. The fourth-order valence-electron chi connectivity index (χ4n) is 2.55. The summed E-state index contributed by atoms with van der Waals surface area (Å²) in [5.41, 5.74) is 9.62. The number of hydrogen-bond donors (Lipinski definition) is 2. The summed E-state index contributed by atoms with van der Waals surface area (Å²) >= 11 is 0. The monoisotopic (exact) mass is 297 g/mol. The van der Waals surface area contributed by atoms with Crippen LogP contribution in [0.5, 0.6) is 0 Å². The summed E-state index contributed by atoms with van der Waals surface area (Å²) in [4.78, 5) is 24.5. The van der Waals surface area contributed by atoms with Gasteiger partial charge in [-0.1, -0.05) is 0 Å². The van der Waals surface area contributed by atoms with E-state index >= 15 is 0 Å². The zero-order valence-electron chi connectivity index (χ0n) is 11.4. The van der Waals surface area contributed by atoms with E-state index in [9.17, 15) is 18.4 Å². The highest BCUT2D eigenvalue weighted by molar-refractivity contribution is 5.95. The van der Waals surface area contributed by atoms with Crippen molar-refractivity contribution in [2.24, 2.45) is 11.7 Å². The van der Waals surface area contributed by atoms with Crippen molar-refractivity contribution in [3.8, 4) is 0 Å². The molecule has 0 aromatic heterocycles. The Balaban J connectivity index is 2.09. The minimum absolute atomic E-state index is 0.113. The Labute approximate surface area is 120 Å². The van der Waals surface area contributed by atoms with Gasteiger partial charge in [-0.15, -0.1) is 0 Å². The molecule has 0 unspecified atom stereocenters. The predicted molar refractivity (Wildman–Crippen MR) is 73.2 cm³/mol. The Hall–Kier alpha value is -2.18. The molecule has 0 bridgehead atoms. The standard InChI is InChI=1S/C14H17F2N3O2/c15-9-1-2-10(17)13(16)12(9)14(21)19-5-3-8(4-6-19)7-11(18)20/h1-2,8H,3-7,17H2,(H2,18,20). The van der Waals surface area contributed by atoms with Crippen LogP contribution in [0.3, 0.4) is 0 Å². The van der Waals surface area contributed by atoms with E-state index in [1.807, 2.05) is 0 Å². The molecule has 0 spiro atoms. The molecule has 1 aromatic carbocycles. The van der Waals surface area contributed by atoms with Crippen LogP contribution in [0.2, 0.25) is 0 Å². The molecule has 0 saturated carbocycles. The van der Waals surface area contributed by atoms with Gasteiger partial charge in [-0.05, 0) is 30.9 Å². The second-order valence-corrected chi connectivity index (χ2v) is 5.23. The molecule has 1 aliphatic rings. The van der Waals surface area contributed by atoms with Crippen LogP contribution in [-0.2, 0) is 4.79 Å². The van der Waals surface area contributed by atoms with Gasteiger partial charge in [0.25, 0.3) is 5.91 Å². The summed E-state index contributed by atoms with van der Waals surface area (Å²) in [5, 5.41) is 0. The number of amides is 2. The third-order valence-electron chi connectivity index (χ3n) is 3.73. The lowest BCUT2D eigenvalue weighted by Crippen LogP contribution is -2.40. The highest BCUT2D eigenvalue weighted by atomic mass is 19.1. The molecule has 2 amide bonds. The Morgan fingerprint density at radius 2 is 1.86 bits per heavy atom. The molecule has 0 atom stereocenters. The lowest BCUT2D eigenvalue weighted by atomic mass is 9.93. The summed E-state index contributed by atoms with van der Waals surface area (Å²) in [6, 6.07) is 2.06. The van der Waals surface area contributed by atoms with Crippen molar-refractivity contribution >= 4 is 17.5 Å². The number of benzene rings is 1. The highest BCUT2D eigenvalue weighted by Gasteiger charge is 2.28. The van der Waals surface area contributed by atoms with E-state index in [2.05, 4.69) is 0 Å². The fraction of sp³-hybridized carbons (Fsp3) is 0.429. The molecule has 4 N–H and O–H groups in total. The minimum Gasteiger partial charge on any atom is -0.396 e. The van der Waals surface area contributed by atoms with Gasteiger partial charge < -0.3 is 16.4 Å². The van der Waals surface area contributed by atoms with Gasteiger partial charge in [-0.3, -0.25) is 9.59 Å². The van der Waals surface area contributed by atoms with Crippen LogP contribution < -0.4 is 11.5 Å². The average Bonchev–Trinajstić information content (AvgIpc) is 2.43. The number of carbonyl (C=O) groups is 2. The van der Waals surface area contributed by atoms with Crippen LogP contribution in [0.15, 0.2) is 12.1 Å². The smallest absolute Gasteiger partial charge is 0.259 e. The normalized spacial score (nSPS) is 16.0. The topological polar surface area (TPSA) is 89.4 Å². The molecule has 1 fully saturated rings. The predicted octanol–water partition coefficient (Wildman–Crippen LogP) is 1.27. The zero-order valence-corrected chi connectivity index (χ0v) is 11.4. The number of likely N-dealkylation sites (tertiary alicyclic amines) is 1. The number of halogens is 2. The molecule has 2 rings (SSSR count). The van der Waals surface area contributed by atoms with Gasteiger partial charge in [0.2, 0.25) is 5.91 Å². The molecule has 5 nitrogen and oxygen atoms in total. The van der Waals surface area contributed by atoms with Crippen molar-refractivity contribution in [2.45, 2.75) is 19.3 Å². The quantitative estimate of drug-likeness (QED) is 0.823. The first-order chi connectivity index (χ1) is 9.90. The van der Waals surface area contributed by atoms with Crippen LogP contribution in [0, 0.1) is 17.6 Å². The van der Waals surface area contributed by atoms with Gasteiger partial charge >= 0.3 is 0 Å². The first-order valence-corrected chi connectivity index (χ1v) is 6.71. The largest absolute Gasteiger partial charge is 0.396 e. The maximum absolute atomic E-state index is 13.8. The summed E-state index contributed by atoms with van der Waals surface area (Å²) < 4.78 is 27.5. The average molecular weight is 297 g/mol. The van der Waals surface area contributed by atoms with Crippen LogP contribution in [0.1, 0.15) is 29.6 Å². The Kier molecular flexibility index (Phi) is 4.40. The number of nitrogen functional groups attached to an aromatic ring is 1. The van der Waals surface area contributed by atoms with Gasteiger partial charge in [0.1, 0.15) is 11.4 Å². The lowest BCUT2D eigenvalue weighted by molar-refractivity contribution is -0.119. The summed E-state index contributed by atoms with van der Waals surface area (Å²) in [5.74, 6) is -2.94. The van der Waals surface area contributed by atoms with Gasteiger partial charge in [-0.2, -0.15) is 0 Å². The maximum Gasteiger partial charge on any atom is 0.259 e. The first kappa shape index (κ1) is 15.2. The second-order valence-electron chi connectivity index (χ2n) is 5.23. The summed E-state index contributed by atoms with van der Waals surface area (Å²) in [6.45, 7) is 0.676. The molecule has 0 aliphatic carbocycles. The van der Waals surface area contributed by atoms with E-state index in [4.69, 9.17) is 11.5 Å². The molecule has 1 heterocycles. The van der Waals surface area contributed by atoms with Gasteiger partial charge in [0, 0.05) is 19.5 Å². The minimum atomic E-state index is -1.03. The van der Waals surface area contributed by atoms with E-state index < -0.39 is 23.1 Å². The third-order valence-corrected chi connectivity index (χ3v) is 3.73. The molecule has 1 aliphatic heterocycles. The molecule has 7 heteroatoms. The Morgan fingerprint density at radius 1 is 1.24 bits per heavy atom. The van der Waals surface area contributed by atoms with Gasteiger partial charge in [0.15, 0.2) is 5.82 Å². The van der Waals surface area contributed by atoms with Crippen molar-refractivity contribution in [2.75, 3.05) is 18.8 Å². The number of piperidine rings is 1. The number of carbonyl (C=O) groups excluding carboxylic acids is 2. The number of nitrogens with zero attached hydrogens (tertiary/aromatic N) is 1. The van der Waals surface area contributed by atoms with Crippen molar-refractivity contribution in [1.29, 1.82) is 0 Å². The van der Waals surface area contributed by atoms with Crippen molar-refractivity contribution in [1.82, 2.24) is 4.90 Å². The van der Waals surface area contributed by atoms with E-state index in [0.29, 0.717) is 25.9 Å². The summed E-state index contributed by atoms with van der Waals surface area (Å²) in [6.07, 6.45) is 1.43. The van der Waals surface area contributed by atoms with E-state index in [1.54, 1.807) is 0 Å². The Bertz CT molecular complexity index is 570. The van der Waals surface area contributed by atoms with Crippen LogP contribution in [0.25, 0.3) is 0 Å². The molecule has 21 heavy (non-hydrogen) atoms. The zero-order chi connectivity index (χ0) is 15.6. The third kappa shape index (κ3) is 3.29. The number of rotatable bonds is 3. The molecule has 1 saturated heterocycles. The molecule has 0 radical (unpaired) electrons. The maximum atomic E-state index is 13.8. The van der Waals surface area contributed by atoms with Crippen molar-refractivity contribution in [3.63, 3.8) is 0 Å². The second kappa shape index (κ2) is 6.07. The van der Waals surface area contributed by atoms with Crippen LogP contribution in [0.4, 0.5) is 14.5 Å². The van der Waals surface area contributed by atoms with Gasteiger partial charge in [0.05, 0.1) is 5.69 Å². The molecule has 114 valence electrons. The summed E-state index contributed by atoms with van der Waals surface area (Å²) in [7, 11) is 0. The van der Waals surface area contributed by atoms with Crippen LogP contribution in [-0.4, -0.2) is 29.8 Å². The number of nitrogens with two attached hydrogens (primary N) is 2. The van der Waals surface area contributed by atoms with Crippen LogP contribution >= 0.6 is 0 Å². The highest BCUT2D eigenvalue weighted by Crippen LogP contribution is 2.25.